The molecule has 21 heavy (non-hydrogen) atoms. The van der Waals surface area contributed by atoms with Gasteiger partial charge in [-0.3, -0.25) is 9.69 Å². The highest BCUT2D eigenvalue weighted by atomic mass is 17.2. The lowest BCUT2D eigenvalue weighted by atomic mass is 9.78. The van der Waals surface area contributed by atoms with E-state index in [1.54, 1.807) is 0 Å². The molecule has 1 N–H and O–H groups in total. The fourth-order valence-electron chi connectivity index (χ4n) is 3.40. The van der Waals surface area contributed by atoms with Crippen LogP contribution >= 0.6 is 0 Å². The normalized spacial score (nSPS) is 24.0. The lowest BCUT2D eigenvalue weighted by Crippen LogP contribution is -2.63. The molecule has 1 aliphatic rings. The number of likely N-dealkylation sites (tertiary alicyclic amines) is 1. The van der Waals surface area contributed by atoms with Crippen LogP contribution in [0.5, 0.6) is 0 Å². The van der Waals surface area contributed by atoms with Crippen molar-refractivity contribution in [3.8, 4) is 0 Å². The van der Waals surface area contributed by atoms with Gasteiger partial charge in [0.25, 0.3) is 0 Å². The summed E-state index contributed by atoms with van der Waals surface area (Å²) in [4.78, 5) is 23.7. The van der Waals surface area contributed by atoms with E-state index >= 15 is 0 Å². The fraction of sp³-hybridized carbons (Fsp3) is 0.938. The van der Waals surface area contributed by atoms with Gasteiger partial charge in [0.15, 0.2) is 0 Å². The van der Waals surface area contributed by atoms with Crippen LogP contribution in [-0.4, -0.2) is 52.2 Å². The van der Waals surface area contributed by atoms with Crippen molar-refractivity contribution in [3.63, 3.8) is 0 Å². The first-order valence-electron chi connectivity index (χ1n) is 7.78. The fourth-order valence-corrected chi connectivity index (χ4v) is 3.40. The molecule has 0 bridgehead atoms. The topological polar surface area (TPSA) is 59.0 Å². The maximum Gasteiger partial charge on any atom is 0.132 e. The third-order valence-corrected chi connectivity index (χ3v) is 4.14. The van der Waals surface area contributed by atoms with Gasteiger partial charge in [0.05, 0.1) is 12.7 Å². The Morgan fingerprint density at radius 1 is 1.29 bits per heavy atom. The largest absolute Gasteiger partial charge is 0.393 e. The monoisotopic (exact) mass is 301 g/mol. The number of Topliss-reactive ketones (excluding diaryl/α,β-unsaturated/α-hetero) is 1. The van der Waals surface area contributed by atoms with E-state index in [2.05, 4.69) is 32.6 Å². The molecule has 1 aliphatic heterocycles. The number of carbonyl (C=O) groups is 1. The van der Waals surface area contributed by atoms with Crippen molar-refractivity contribution in [3.05, 3.63) is 0 Å². The van der Waals surface area contributed by atoms with Crippen LogP contribution in [0.3, 0.4) is 0 Å². The average molecular weight is 301 g/mol. The van der Waals surface area contributed by atoms with E-state index in [-0.39, 0.29) is 29.1 Å². The van der Waals surface area contributed by atoms with Crippen molar-refractivity contribution in [1.82, 2.24) is 4.90 Å². The molecular weight excluding hydrogens is 270 g/mol. The highest BCUT2D eigenvalue weighted by molar-refractivity contribution is 5.75. The number of hydrogen-bond acceptors (Lipinski definition) is 5. The van der Waals surface area contributed by atoms with E-state index in [0.29, 0.717) is 13.0 Å². The quantitative estimate of drug-likeness (QED) is 0.444. The molecule has 0 aromatic heterocycles. The van der Waals surface area contributed by atoms with E-state index in [1.807, 2.05) is 6.92 Å². The summed E-state index contributed by atoms with van der Waals surface area (Å²) < 4.78 is 0. The summed E-state index contributed by atoms with van der Waals surface area (Å²) >= 11 is 0. The maximum absolute atomic E-state index is 10.8. The number of hydrogen-bond donors (Lipinski definition) is 1. The zero-order chi connectivity index (χ0) is 16.3. The minimum Gasteiger partial charge on any atom is -0.393 e. The molecule has 0 saturated carbocycles. The zero-order valence-corrected chi connectivity index (χ0v) is 14.3. The number of carbonyl (C=O) groups excluding carboxylic acids is 1. The van der Waals surface area contributed by atoms with Crippen molar-refractivity contribution >= 4 is 5.78 Å². The third-order valence-electron chi connectivity index (χ3n) is 4.14. The number of aliphatic hydroxyl groups excluding tert-OH is 1. The number of nitrogens with zero attached hydrogens (tertiary/aromatic N) is 1. The Labute approximate surface area is 128 Å². The van der Waals surface area contributed by atoms with Gasteiger partial charge in [-0.25, -0.2) is 9.78 Å². The molecule has 0 radical (unpaired) electrons. The second-order valence-electron chi connectivity index (χ2n) is 7.48. The Morgan fingerprint density at radius 2 is 1.81 bits per heavy atom. The summed E-state index contributed by atoms with van der Waals surface area (Å²) in [6.45, 7) is 13.1. The molecule has 0 aromatic rings. The third kappa shape index (κ3) is 5.66. The molecule has 1 unspecified atom stereocenters. The predicted octanol–water partition coefficient (Wildman–Crippen LogP) is 2.32. The molecular formula is C16H31NO4. The van der Waals surface area contributed by atoms with E-state index < -0.39 is 0 Å². The summed E-state index contributed by atoms with van der Waals surface area (Å²) in [6, 6.07) is 0. The number of ketones is 1. The van der Waals surface area contributed by atoms with Crippen molar-refractivity contribution < 1.29 is 19.7 Å². The summed E-state index contributed by atoms with van der Waals surface area (Å²) in [5, 5.41) is 10.0. The van der Waals surface area contributed by atoms with Gasteiger partial charge in [0.2, 0.25) is 0 Å². The van der Waals surface area contributed by atoms with Gasteiger partial charge in [-0.15, -0.1) is 0 Å². The van der Waals surface area contributed by atoms with Crippen LogP contribution in [0.15, 0.2) is 0 Å². The van der Waals surface area contributed by atoms with Crippen LogP contribution in [-0.2, 0) is 14.6 Å². The Balaban J connectivity index is 2.52. The second-order valence-corrected chi connectivity index (χ2v) is 7.48. The molecule has 124 valence electrons. The molecule has 5 nitrogen and oxygen atoms in total. The number of rotatable bonds is 7. The molecule has 1 atom stereocenters. The van der Waals surface area contributed by atoms with Crippen molar-refractivity contribution in [2.24, 2.45) is 0 Å². The summed E-state index contributed by atoms with van der Waals surface area (Å²) in [7, 11) is 0. The van der Waals surface area contributed by atoms with Crippen molar-refractivity contribution in [2.75, 3.05) is 13.2 Å². The van der Waals surface area contributed by atoms with Crippen LogP contribution < -0.4 is 0 Å². The van der Waals surface area contributed by atoms with Gasteiger partial charge >= 0.3 is 0 Å². The minimum atomic E-state index is -0.255. The molecule has 5 heteroatoms. The first-order valence-corrected chi connectivity index (χ1v) is 7.78. The Bertz CT molecular complexity index is 336. The van der Waals surface area contributed by atoms with Crippen LogP contribution in [0, 0.1) is 0 Å². The SMILES string of the molecule is CC(=O)CCOOC(C)CN1C(C)(C)CC(O)CC1(C)C. The lowest BCUT2D eigenvalue weighted by Gasteiger charge is -2.55. The van der Waals surface area contributed by atoms with Gasteiger partial charge in [-0.1, -0.05) is 0 Å². The molecule has 1 heterocycles. The van der Waals surface area contributed by atoms with Gasteiger partial charge in [-0.05, 0) is 54.4 Å². The van der Waals surface area contributed by atoms with Gasteiger partial charge < -0.3 is 5.11 Å². The summed E-state index contributed by atoms with van der Waals surface area (Å²) in [5.41, 5.74) is -0.170. The van der Waals surface area contributed by atoms with E-state index in [1.165, 1.54) is 6.92 Å². The molecule has 1 saturated heterocycles. The van der Waals surface area contributed by atoms with Gasteiger partial charge in [0, 0.05) is 24.0 Å². The maximum atomic E-state index is 10.8. The Hall–Kier alpha value is -0.490. The highest BCUT2D eigenvalue weighted by Crippen LogP contribution is 2.38. The highest BCUT2D eigenvalue weighted by Gasteiger charge is 2.45. The summed E-state index contributed by atoms with van der Waals surface area (Å²) in [6.07, 6.45) is 1.54. The molecule has 1 fully saturated rings. The van der Waals surface area contributed by atoms with Crippen LogP contribution in [0.4, 0.5) is 0 Å². The first-order chi connectivity index (χ1) is 9.54. The number of aliphatic hydroxyl groups is 1. The number of piperidine rings is 1. The standard InChI is InChI=1S/C16H31NO4/c1-12(18)7-8-20-21-13(2)11-17-15(3,4)9-14(19)10-16(17,5)6/h13-14,19H,7-11H2,1-6H3. The first kappa shape index (κ1) is 18.6. The Morgan fingerprint density at radius 3 is 2.29 bits per heavy atom. The van der Waals surface area contributed by atoms with E-state index in [4.69, 9.17) is 9.78 Å². The average Bonchev–Trinajstić information content (AvgIpc) is 2.27. The van der Waals surface area contributed by atoms with Gasteiger partial charge in [0.1, 0.15) is 11.9 Å². The Kier molecular flexibility index (Phi) is 6.35. The minimum absolute atomic E-state index is 0.0851. The molecule has 0 amide bonds. The smallest absolute Gasteiger partial charge is 0.132 e. The molecule has 0 aromatic carbocycles. The van der Waals surface area contributed by atoms with Crippen LogP contribution in [0.1, 0.15) is 60.8 Å². The predicted molar refractivity (Wildman–Crippen MR) is 81.9 cm³/mol. The van der Waals surface area contributed by atoms with Crippen molar-refractivity contribution in [1.29, 1.82) is 0 Å². The second kappa shape index (κ2) is 7.18. The molecule has 0 aliphatic carbocycles. The lowest BCUT2D eigenvalue weighted by molar-refractivity contribution is -0.325. The van der Waals surface area contributed by atoms with E-state index in [0.717, 1.165) is 19.4 Å². The van der Waals surface area contributed by atoms with Gasteiger partial charge in [-0.2, -0.15) is 0 Å². The molecule has 0 spiro atoms. The van der Waals surface area contributed by atoms with E-state index in [9.17, 15) is 9.90 Å². The zero-order valence-electron chi connectivity index (χ0n) is 14.3. The molecule has 1 rings (SSSR count). The van der Waals surface area contributed by atoms with Crippen LogP contribution in [0.2, 0.25) is 0 Å². The summed E-state index contributed by atoms with van der Waals surface area (Å²) in [5.74, 6) is 0.0959. The van der Waals surface area contributed by atoms with Crippen molar-refractivity contribution in [2.45, 2.75) is 84.1 Å². The van der Waals surface area contributed by atoms with Crippen LogP contribution in [0.25, 0.3) is 0 Å².